The van der Waals surface area contributed by atoms with Crippen molar-refractivity contribution in [1.29, 1.82) is 0 Å². The summed E-state index contributed by atoms with van der Waals surface area (Å²) >= 11 is 0. The molecule has 0 fully saturated rings. The molecular formula is C50H45N. The fraction of sp³-hybridized carbons (Fsp3) is 0.200. The molecule has 0 heterocycles. The van der Waals surface area contributed by atoms with E-state index in [1.807, 2.05) is 0 Å². The Morgan fingerprint density at radius 1 is 0.431 bits per heavy atom. The van der Waals surface area contributed by atoms with E-state index in [0.717, 1.165) is 11.0 Å². The fourth-order valence-corrected chi connectivity index (χ4v) is 7.10. The van der Waals surface area contributed by atoms with Crippen LogP contribution in [-0.4, -0.2) is 0 Å². The summed E-state index contributed by atoms with van der Waals surface area (Å²) in [4.78, 5) is 0.868. The molecule has 0 aliphatic heterocycles. The van der Waals surface area contributed by atoms with Crippen molar-refractivity contribution in [3.05, 3.63) is 173 Å². The van der Waals surface area contributed by atoms with Crippen LogP contribution in [0.5, 0.6) is 0 Å². The van der Waals surface area contributed by atoms with Gasteiger partial charge in [0.05, 0.1) is 31.5 Å². The first-order valence-corrected chi connectivity index (χ1v) is 16.5. The lowest BCUT2D eigenvalue weighted by atomic mass is 9.55. The van der Waals surface area contributed by atoms with Crippen molar-refractivity contribution in [3.63, 3.8) is 0 Å². The normalized spacial score (nSPS) is 22.1. The number of nitrogens with zero attached hydrogens (tertiary/aromatic N) is 1. The molecule has 0 N–H and O–H groups in total. The van der Waals surface area contributed by atoms with Crippen LogP contribution in [-0.2, 0) is 16.2 Å². The number of hydrogen-bond acceptors (Lipinski definition) is 1. The summed E-state index contributed by atoms with van der Waals surface area (Å²) in [5, 5.41) is -0.341. The van der Waals surface area contributed by atoms with Gasteiger partial charge in [0.1, 0.15) is 0 Å². The predicted molar refractivity (Wildman–Crippen MR) is 218 cm³/mol. The van der Waals surface area contributed by atoms with Crippen LogP contribution in [0.2, 0.25) is 0 Å². The molecule has 2 aliphatic carbocycles. The smallest absolute Gasteiger partial charge is 0.0648 e. The van der Waals surface area contributed by atoms with Gasteiger partial charge in [-0.2, -0.15) is 0 Å². The first kappa shape index (κ1) is 15.5. The summed E-state index contributed by atoms with van der Waals surface area (Å²) in [5.74, 6) is 0. The minimum absolute atomic E-state index is 0.0300. The number of rotatable bonds is 4. The molecule has 7 aromatic carbocycles. The van der Waals surface area contributed by atoms with Crippen LogP contribution < -0.4 is 4.90 Å². The lowest BCUT2D eigenvalue weighted by Crippen LogP contribution is -2.43. The summed E-state index contributed by atoms with van der Waals surface area (Å²) in [6, 6.07) is -13.8. The SMILES string of the molecule is [2H]c1cc(N(c2c([2H])c([2H])c(-c3c([2H])c([2H])c([2H])c([2H])c3[2H])c([2H])c2[2H])c2c([2H])c([2H])c3c(c2[2H])C(C)(C)c2c-3c([2H])c3c([2H])c([2H])c(C)c([2H])c3c2[2H])c([2H])c2c1-c1c([2H])c([2H])c([2H])c([2H])c1C(C)(C)C2(C)C. The van der Waals surface area contributed by atoms with Gasteiger partial charge in [-0.05, 0) is 133 Å². The van der Waals surface area contributed by atoms with Gasteiger partial charge in [-0.25, -0.2) is 0 Å². The second-order valence-electron chi connectivity index (χ2n) is 14.5. The molecule has 0 spiro atoms. The van der Waals surface area contributed by atoms with Gasteiger partial charge < -0.3 is 4.90 Å². The molecular weight excluding hydrogens is 615 g/mol. The van der Waals surface area contributed by atoms with E-state index in [0.29, 0.717) is 0 Å². The van der Waals surface area contributed by atoms with Crippen molar-refractivity contribution in [2.45, 2.75) is 64.7 Å². The quantitative estimate of drug-likeness (QED) is 0.179. The maximum Gasteiger partial charge on any atom is 0.0648 e. The summed E-state index contributed by atoms with van der Waals surface area (Å²) in [7, 11) is 0. The van der Waals surface area contributed by atoms with Crippen LogP contribution in [0, 0.1) is 6.92 Å². The second-order valence-corrected chi connectivity index (χ2v) is 14.5. The third kappa shape index (κ3) is 4.67. The molecule has 51 heavy (non-hydrogen) atoms. The molecule has 7 aromatic rings. The molecule has 0 bridgehead atoms. The van der Waals surface area contributed by atoms with E-state index in [1.54, 1.807) is 41.5 Å². The van der Waals surface area contributed by atoms with Crippen LogP contribution in [0.25, 0.3) is 44.2 Å². The van der Waals surface area contributed by atoms with Crippen molar-refractivity contribution in [2.75, 3.05) is 4.90 Å². The number of benzene rings is 7. The minimum atomic E-state index is -1.55. The second kappa shape index (κ2) is 11.0. The number of fused-ring (bicyclic) bond motifs is 7. The molecule has 2 aliphatic rings. The van der Waals surface area contributed by atoms with Gasteiger partial charge in [0, 0.05) is 22.5 Å². The first-order valence-electron chi connectivity index (χ1n) is 28.0. The minimum Gasteiger partial charge on any atom is -0.310 e. The van der Waals surface area contributed by atoms with E-state index in [4.69, 9.17) is 16.4 Å². The zero-order valence-corrected chi connectivity index (χ0v) is 29.0. The lowest BCUT2D eigenvalue weighted by molar-refractivity contribution is 0.299. The monoisotopic (exact) mass is 682 g/mol. The number of anilines is 3. The Balaban J connectivity index is 1.48. The zero-order chi connectivity index (χ0) is 55.3. The molecule has 250 valence electrons. The Labute approximate surface area is 335 Å². The summed E-state index contributed by atoms with van der Waals surface area (Å²) in [6.45, 7) is 11.4. The van der Waals surface area contributed by atoms with Gasteiger partial charge in [-0.1, -0.05) is 144 Å². The van der Waals surface area contributed by atoms with Crippen molar-refractivity contribution in [3.8, 4) is 33.4 Å². The highest BCUT2D eigenvalue weighted by Crippen LogP contribution is 2.56. The molecule has 0 aromatic heterocycles. The zero-order valence-electron chi connectivity index (χ0n) is 52.0. The van der Waals surface area contributed by atoms with Gasteiger partial charge in [-0.15, -0.1) is 0 Å². The van der Waals surface area contributed by atoms with Crippen LogP contribution in [0.4, 0.5) is 17.1 Å². The average Bonchev–Trinajstić information content (AvgIpc) is 3.59. The summed E-state index contributed by atoms with van der Waals surface area (Å²) < 4.78 is 211. The van der Waals surface area contributed by atoms with Crippen LogP contribution in [0.15, 0.2) is 145 Å². The summed E-state index contributed by atoms with van der Waals surface area (Å²) in [5.41, 5.74) is -7.48. The highest BCUT2D eigenvalue weighted by Gasteiger charge is 2.46. The predicted octanol–water partition coefficient (Wildman–Crippen LogP) is 13.8. The maximum absolute atomic E-state index is 10.2. The Morgan fingerprint density at radius 2 is 1.04 bits per heavy atom. The Bertz CT molecular complexity index is 3760. The van der Waals surface area contributed by atoms with Gasteiger partial charge in [0.25, 0.3) is 0 Å². The molecule has 0 unspecified atom stereocenters. The lowest BCUT2D eigenvalue weighted by Gasteiger charge is -2.48. The van der Waals surface area contributed by atoms with Gasteiger partial charge in [0.2, 0.25) is 0 Å². The highest BCUT2D eigenvalue weighted by molar-refractivity contribution is 5.95. The van der Waals surface area contributed by atoms with Crippen molar-refractivity contribution >= 4 is 27.8 Å². The highest BCUT2D eigenvalue weighted by atomic mass is 15.1. The van der Waals surface area contributed by atoms with Crippen molar-refractivity contribution in [2.24, 2.45) is 0 Å². The van der Waals surface area contributed by atoms with Crippen molar-refractivity contribution in [1.82, 2.24) is 0 Å². The van der Waals surface area contributed by atoms with E-state index in [-0.39, 0.29) is 85.0 Å². The Morgan fingerprint density at radius 3 is 1.82 bits per heavy atom. The van der Waals surface area contributed by atoms with Crippen LogP contribution in [0.1, 0.15) is 101 Å². The van der Waals surface area contributed by atoms with E-state index in [1.165, 1.54) is 6.92 Å². The Hall–Kier alpha value is -5.40. The number of hydrogen-bond donors (Lipinski definition) is 0. The van der Waals surface area contributed by atoms with E-state index in [9.17, 15) is 15.1 Å². The molecule has 1 heteroatoms. The first-order chi connectivity index (χ1) is 34.1. The topological polar surface area (TPSA) is 3.24 Å². The van der Waals surface area contributed by atoms with Crippen LogP contribution >= 0.6 is 0 Å². The third-order valence-electron chi connectivity index (χ3n) is 10.6. The van der Waals surface area contributed by atoms with E-state index < -0.39 is 159 Å². The van der Waals surface area contributed by atoms with E-state index >= 15 is 0 Å². The molecule has 0 amide bonds. The van der Waals surface area contributed by atoms with E-state index in [2.05, 4.69) is 0 Å². The fourth-order valence-electron chi connectivity index (χ4n) is 7.10. The standard InChI is InChI=1S/C50H45N/c1-32-17-18-35-28-43-42-26-24-38(30-46(42)48(2,3)45(43)29-36(35)27-32)51(37-21-19-34(20-22-37)33-13-9-8-10-14-33)39-23-25-41-40-15-11-12-16-44(40)49(4,5)50(6,7)47(41)31-39/h8-31H,1-7H3/i8D,9D,10D,11D,12D,13D,14D,15D,16D,17D,18D,19D,20D,21D,22D,24D,25D,26D,27D,28D,29D,30D,31D. The molecule has 9 rings (SSSR count). The molecule has 0 radical (unpaired) electrons. The van der Waals surface area contributed by atoms with Crippen molar-refractivity contribution < 1.29 is 31.5 Å². The van der Waals surface area contributed by atoms with Gasteiger partial charge in [0.15, 0.2) is 0 Å². The Kier molecular flexibility index (Phi) is 3.35. The van der Waals surface area contributed by atoms with Gasteiger partial charge >= 0.3 is 0 Å². The molecule has 1 nitrogen and oxygen atoms in total. The van der Waals surface area contributed by atoms with Crippen LogP contribution in [0.3, 0.4) is 0 Å². The van der Waals surface area contributed by atoms with Gasteiger partial charge in [-0.3, -0.25) is 0 Å². The molecule has 0 saturated carbocycles. The largest absolute Gasteiger partial charge is 0.310 e. The average molecular weight is 683 g/mol. The third-order valence-corrected chi connectivity index (χ3v) is 10.6. The molecule has 0 saturated heterocycles. The summed E-state index contributed by atoms with van der Waals surface area (Å²) in [6.07, 6.45) is 0. The maximum atomic E-state index is 10.2. The molecule has 0 atom stereocenters.